The molecule has 0 radical (unpaired) electrons. The van der Waals surface area contributed by atoms with E-state index in [1.54, 1.807) is 13.2 Å². The lowest BCUT2D eigenvalue weighted by Crippen LogP contribution is -2.16. The van der Waals surface area contributed by atoms with E-state index in [-0.39, 0.29) is 5.82 Å². The summed E-state index contributed by atoms with van der Waals surface area (Å²) in [5.41, 5.74) is 5.16. The first-order valence-electron chi connectivity index (χ1n) is 9.93. The Labute approximate surface area is 182 Å². The summed E-state index contributed by atoms with van der Waals surface area (Å²) in [6.45, 7) is 5.57. The summed E-state index contributed by atoms with van der Waals surface area (Å²) in [5.74, 6) is 1.08. The molecular formula is C25H24N2O3S. The van der Waals surface area contributed by atoms with E-state index in [1.165, 1.54) is 0 Å². The fourth-order valence-electron chi connectivity index (χ4n) is 4.01. The van der Waals surface area contributed by atoms with Crippen molar-refractivity contribution in [2.75, 3.05) is 11.8 Å². The molecule has 0 bridgehead atoms. The Balaban J connectivity index is 1.69. The molecular weight excluding hydrogens is 408 g/mol. The number of nitrogens with zero attached hydrogens (tertiary/aromatic N) is 1. The molecule has 0 spiro atoms. The summed E-state index contributed by atoms with van der Waals surface area (Å²) in [4.78, 5) is 4.82. The minimum Gasteiger partial charge on any atom is -0.496 e. The predicted molar refractivity (Wildman–Crippen MR) is 125 cm³/mol. The number of rotatable bonds is 5. The first-order chi connectivity index (χ1) is 14.8. The Morgan fingerprint density at radius 3 is 2.29 bits per heavy atom. The van der Waals surface area contributed by atoms with Gasteiger partial charge in [-0.15, -0.1) is 0 Å². The van der Waals surface area contributed by atoms with Crippen molar-refractivity contribution in [1.82, 2.24) is 4.98 Å². The SMILES string of the molecule is COc1ccccc1-c1ccc2nc(NS(=O)(=O)c3c(C)cc(C)cc3C)ccc2c1. The summed E-state index contributed by atoms with van der Waals surface area (Å²) >= 11 is 0. The minimum atomic E-state index is -3.75. The molecule has 0 unspecified atom stereocenters. The Morgan fingerprint density at radius 1 is 0.871 bits per heavy atom. The van der Waals surface area contributed by atoms with Crippen LogP contribution in [0.25, 0.3) is 22.0 Å². The van der Waals surface area contributed by atoms with Crippen molar-refractivity contribution in [1.29, 1.82) is 0 Å². The summed E-state index contributed by atoms with van der Waals surface area (Å²) < 4.78 is 34.2. The first-order valence-corrected chi connectivity index (χ1v) is 11.4. The number of aromatic nitrogens is 1. The number of sulfonamides is 1. The highest BCUT2D eigenvalue weighted by molar-refractivity contribution is 7.92. The highest BCUT2D eigenvalue weighted by Gasteiger charge is 2.20. The van der Waals surface area contributed by atoms with Gasteiger partial charge in [-0.05, 0) is 67.8 Å². The van der Waals surface area contributed by atoms with Crippen LogP contribution in [0.15, 0.2) is 71.6 Å². The molecule has 0 saturated carbocycles. The Hall–Kier alpha value is -3.38. The smallest absolute Gasteiger partial charge is 0.263 e. The number of benzene rings is 3. The van der Waals surface area contributed by atoms with Gasteiger partial charge in [-0.25, -0.2) is 13.4 Å². The van der Waals surface area contributed by atoms with Crippen LogP contribution in [0.3, 0.4) is 0 Å². The average molecular weight is 433 g/mol. The fourth-order valence-corrected chi connectivity index (χ4v) is 5.47. The zero-order chi connectivity index (χ0) is 22.2. The third-order valence-corrected chi connectivity index (χ3v) is 6.88. The second kappa shape index (κ2) is 8.04. The van der Waals surface area contributed by atoms with E-state index in [9.17, 15) is 8.42 Å². The van der Waals surface area contributed by atoms with Crippen molar-refractivity contribution in [2.45, 2.75) is 25.7 Å². The summed E-state index contributed by atoms with van der Waals surface area (Å²) in [7, 11) is -2.10. The lowest BCUT2D eigenvalue weighted by atomic mass is 10.0. The van der Waals surface area contributed by atoms with Crippen molar-refractivity contribution in [3.05, 3.63) is 83.4 Å². The van der Waals surface area contributed by atoms with Gasteiger partial charge in [-0.3, -0.25) is 4.72 Å². The summed E-state index contributed by atoms with van der Waals surface area (Å²) in [6.07, 6.45) is 0. The van der Waals surface area contributed by atoms with Crippen LogP contribution in [0.1, 0.15) is 16.7 Å². The molecule has 1 N–H and O–H groups in total. The molecule has 0 aliphatic heterocycles. The average Bonchev–Trinajstić information content (AvgIpc) is 2.72. The van der Waals surface area contributed by atoms with Gasteiger partial charge in [0.1, 0.15) is 11.6 Å². The number of aryl methyl sites for hydroxylation is 3. The number of ether oxygens (including phenoxy) is 1. The summed E-state index contributed by atoms with van der Waals surface area (Å²) in [5, 5.41) is 0.911. The zero-order valence-electron chi connectivity index (χ0n) is 17.9. The second-order valence-electron chi connectivity index (χ2n) is 7.64. The Kier molecular flexibility index (Phi) is 5.41. The van der Waals surface area contributed by atoms with Crippen LogP contribution < -0.4 is 9.46 Å². The molecule has 158 valence electrons. The standard InChI is InChI=1S/C25H24N2O3S/c1-16-13-17(2)25(18(3)14-16)31(28,29)27-24-12-10-20-15-19(9-11-22(20)26-24)21-7-5-6-8-23(21)30-4/h5-15H,1-4H3,(H,26,27). The molecule has 31 heavy (non-hydrogen) atoms. The fraction of sp³-hybridized carbons (Fsp3) is 0.160. The third kappa shape index (κ3) is 4.11. The quantitative estimate of drug-likeness (QED) is 0.443. The van der Waals surface area contributed by atoms with Crippen molar-refractivity contribution >= 4 is 26.7 Å². The number of anilines is 1. The maximum Gasteiger partial charge on any atom is 0.263 e. The molecule has 0 aliphatic rings. The molecule has 4 aromatic rings. The highest BCUT2D eigenvalue weighted by atomic mass is 32.2. The van der Waals surface area contributed by atoms with Crippen LogP contribution in [-0.4, -0.2) is 20.5 Å². The van der Waals surface area contributed by atoms with E-state index in [2.05, 4.69) is 9.71 Å². The van der Waals surface area contributed by atoms with E-state index in [4.69, 9.17) is 4.74 Å². The van der Waals surface area contributed by atoms with Gasteiger partial charge in [0.25, 0.3) is 10.0 Å². The number of methoxy groups -OCH3 is 1. The van der Waals surface area contributed by atoms with E-state index in [0.29, 0.717) is 21.5 Å². The van der Waals surface area contributed by atoms with Crippen LogP contribution in [0.4, 0.5) is 5.82 Å². The number of hydrogen-bond donors (Lipinski definition) is 1. The van der Waals surface area contributed by atoms with Crippen LogP contribution in [0.5, 0.6) is 5.75 Å². The van der Waals surface area contributed by atoms with Gasteiger partial charge in [-0.1, -0.05) is 42.0 Å². The number of fused-ring (bicyclic) bond motifs is 1. The highest BCUT2D eigenvalue weighted by Crippen LogP contribution is 2.32. The molecule has 5 nitrogen and oxygen atoms in total. The molecule has 0 saturated heterocycles. The molecule has 0 fully saturated rings. The van der Waals surface area contributed by atoms with E-state index in [0.717, 1.165) is 27.8 Å². The van der Waals surface area contributed by atoms with Crippen LogP contribution in [0, 0.1) is 20.8 Å². The van der Waals surface area contributed by atoms with Crippen LogP contribution >= 0.6 is 0 Å². The number of para-hydroxylation sites is 1. The lowest BCUT2D eigenvalue weighted by Gasteiger charge is -2.14. The third-order valence-electron chi connectivity index (χ3n) is 5.22. The van der Waals surface area contributed by atoms with Gasteiger partial charge in [0.05, 0.1) is 17.5 Å². The second-order valence-corrected chi connectivity index (χ2v) is 9.26. The number of hydrogen-bond acceptors (Lipinski definition) is 4. The largest absolute Gasteiger partial charge is 0.496 e. The maximum absolute atomic E-state index is 13.0. The minimum absolute atomic E-state index is 0.289. The van der Waals surface area contributed by atoms with Crippen molar-refractivity contribution in [2.24, 2.45) is 0 Å². The zero-order valence-corrected chi connectivity index (χ0v) is 18.7. The molecule has 0 amide bonds. The first kappa shape index (κ1) is 20.9. The Morgan fingerprint density at radius 2 is 1.58 bits per heavy atom. The van der Waals surface area contributed by atoms with Gasteiger partial charge in [0.2, 0.25) is 0 Å². The molecule has 0 atom stereocenters. The van der Waals surface area contributed by atoms with Gasteiger partial charge in [-0.2, -0.15) is 0 Å². The molecule has 1 aromatic heterocycles. The molecule has 1 heterocycles. The monoisotopic (exact) mass is 432 g/mol. The van der Waals surface area contributed by atoms with Crippen molar-refractivity contribution in [3.63, 3.8) is 0 Å². The predicted octanol–water partition coefficient (Wildman–Crippen LogP) is 5.64. The summed E-state index contributed by atoms with van der Waals surface area (Å²) in [6, 6.07) is 21.0. The molecule has 3 aromatic carbocycles. The molecule has 6 heteroatoms. The van der Waals surface area contributed by atoms with Gasteiger partial charge < -0.3 is 4.74 Å². The molecule has 4 rings (SSSR count). The number of pyridine rings is 1. The van der Waals surface area contributed by atoms with Crippen molar-refractivity contribution < 1.29 is 13.2 Å². The van der Waals surface area contributed by atoms with E-state index in [1.807, 2.05) is 81.4 Å². The van der Waals surface area contributed by atoms with Crippen molar-refractivity contribution in [3.8, 4) is 16.9 Å². The van der Waals surface area contributed by atoms with E-state index >= 15 is 0 Å². The van der Waals surface area contributed by atoms with E-state index < -0.39 is 10.0 Å². The topological polar surface area (TPSA) is 68.3 Å². The van der Waals surface area contributed by atoms with Gasteiger partial charge in [0, 0.05) is 10.9 Å². The van der Waals surface area contributed by atoms with Crippen LogP contribution in [-0.2, 0) is 10.0 Å². The number of nitrogens with one attached hydrogen (secondary N) is 1. The lowest BCUT2D eigenvalue weighted by molar-refractivity contribution is 0.416. The maximum atomic E-state index is 13.0. The Bertz CT molecular complexity index is 1370. The van der Waals surface area contributed by atoms with Gasteiger partial charge in [0.15, 0.2) is 0 Å². The molecule has 0 aliphatic carbocycles. The van der Waals surface area contributed by atoms with Crippen LogP contribution in [0.2, 0.25) is 0 Å². The van der Waals surface area contributed by atoms with Gasteiger partial charge >= 0.3 is 0 Å². The normalized spacial score (nSPS) is 11.5.